The number of aliphatic imine (C=N–C) groups is 1. The molecule has 0 bridgehead atoms. The van der Waals surface area contributed by atoms with Crippen LogP contribution < -0.4 is 11.1 Å². The molecule has 0 spiro atoms. The highest BCUT2D eigenvalue weighted by Crippen LogP contribution is 2.18. The van der Waals surface area contributed by atoms with E-state index in [4.69, 9.17) is 5.73 Å². The van der Waals surface area contributed by atoms with E-state index in [1.54, 1.807) is 0 Å². The first kappa shape index (κ1) is 13.4. The number of thiophene rings is 1. The maximum Gasteiger partial charge on any atom is 0.189 e. The molecule has 1 aliphatic carbocycles. The van der Waals surface area contributed by atoms with Crippen molar-refractivity contribution in [2.75, 3.05) is 0 Å². The van der Waals surface area contributed by atoms with Crippen LogP contribution in [-0.4, -0.2) is 12.0 Å². The summed E-state index contributed by atoms with van der Waals surface area (Å²) in [5, 5.41) is 3.34. The van der Waals surface area contributed by atoms with Gasteiger partial charge in [-0.05, 0) is 31.4 Å². The van der Waals surface area contributed by atoms with Gasteiger partial charge in [0.2, 0.25) is 0 Å². The van der Waals surface area contributed by atoms with Crippen LogP contribution in [0.1, 0.15) is 48.8 Å². The molecule has 3 nitrogen and oxygen atoms in total. The standard InChI is InChI=1S/C14H23N3S/c1-2-12-8-9-13(18-12)10-16-14(15)17-11-6-4-3-5-7-11/h8-9,11H,2-7,10H2,1H3,(H3,15,16,17). The SMILES string of the molecule is CCc1ccc(CN=C(N)NC2CCCCC2)s1. The smallest absolute Gasteiger partial charge is 0.189 e. The second-order valence-electron chi connectivity index (χ2n) is 4.90. The first-order chi connectivity index (χ1) is 8.78. The summed E-state index contributed by atoms with van der Waals surface area (Å²) in [6.45, 7) is 2.88. The Morgan fingerprint density at radius 1 is 1.33 bits per heavy atom. The second-order valence-corrected chi connectivity index (χ2v) is 6.16. The van der Waals surface area contributed by atoms with Gasteiger partial charge in [0.05, 0.1) is 6.54 Å². The van der Waals surface area contributed by atoms with Gasteiger partial charge in [0.1, 0.15) is 0 Å². The topological polar surface area (TPSA) is 50.4 Å². The highest BCUT2D eigenvalue weighted by molar-refractivity contribution is 7.11. The third kappa shape index (κ3) is 4.02. The lowest BCUT2D eigenvalue weighted by Gasteiger charge is -2.23. The van der Waals surface area contributed by atoms with Crippen LogP contribution in [0.15, 0.2) is 17.1 Å². The molecule has 1 saturated carbocycles. The number of nitrogens with two attached hydrogens (primary N) is 1. The molecule has 3 N–H and O–H groups in total. The Kier molecular flexibility index (Phi) is 5.05. The van der Waals surface area contributed by atoms with E-state index in [2.05, 4.69) is 29.4 Å². The van der Waals surface area contributed by atoms with Crippen LogP contribution in [0.25, 0.3) is 0 Å². The number of nitrogens with zero attached hydrogens (tertiary/aromatic N) is 1. The largest absolute Gasteiger partial charge is 0.370 e. The molecule has 1 aliphatic rings. The lowest BCUT2D eigenvalue weighted by molar-refractivity contribution is 0.412. The minimum Gasteiger partial charge on any atom is -0.370 e. The fourth-order valence-corrected chi connectivity index (χ4v) is 3.24. The van der Waals surface area contributed by atoms with Crippen molar-refractivity contribution >= 4 is 17.3 Å². The summed E-state index contributed by atoms with van der Waals surface area (Å²) in [4.78, 5) is 7.14. The van der Waals surface area contributed by atoms with Gasteiger partial charge in [-0.2, -0.15) is 0 Å². The summed E-state index contributed by atoms with van der Waals surface area (Å²) in [6, 6.07) is 4.87. The number of guanidine groups is 1. The fraction of sp³-hybridized carbons (Fsp3) is 0.643. The summed E-state index contributed by atoms with van der Waals surface area (Å²) >= 11 is 1.83. The van der Waals surface area contributed by atoms with E-state index in [0.29, 0.717) is 18.5 Å². The van der Waals surface area contributed by atoms with Crippen molar-refractivity contribution in [3.8, 4) is 0 Å². The number of aryl methyl sites for hydroxylation is 1. The van der Waals surface area contributed by atoms with Gasteiger partial charge < -0.3 is 11.1 Å². The van der Waals surface area contributed by atoms with E-state index in [0.717, 1.165) is 6.42 Å². The molecule has 1 aromatic heterocycles. The molecule has 18 heavy (non-hydrogen) atoms. The molecule has 1 heterocycles. The summed E-state index contributed by atoms with van der Waals surface area (Å²) in [6.07, 6.45) is 7.56. The number of hydrogen-bond acceptors (Lipinski definition) is 2. The summed E-state index contributed by atoms with van der Waals surface area (Å²) < 4.78 is 0. The van der Waals surface area contributed by atoms with Crippen molar-refractivity contribution in [2.24, 2.45) is 10.7 Å². The number of rotatable bonds is 4. The third-order valence-electron chi connectivity index (χ3n) is 3.43. The van der Waals surface area contributed by atoms with Gasteiger partial charge >= 0.3 is 0 Å². The van der Waals surface area contributed by atoms with E-state index in [-0.39, 0.29) is 0 Å². The molecule has 4 heteroatoms. The Balaban J connectivity index is 1.80. The average molecular weight is 265 g/mol. The van der Waals surface area contributed by atoms with Gasteiger partial charge in [0.25, 0.3) is 0 Å². The molecule has 0 atom stereocenters. The molecule has 0 aliphatic heterocycles. The van der Waals surface area contributed by atoms with Gasteiger partial charge in [0.15, 0.2) is 5.96 Å². The molecule has 0 aromatic carbocycles. The maximum absolute atomic E-state index is 5.94. The molecule has 0 radical (unpaired) electrons. The first-order valence-corrected chi connectivity index (χ1v) is 7.73. The van der Waals surface area contributed by atoms with Crippen molar-refractivity contribution < 1.29 is 0 Å². The minimum absolute atomic E-state index is 0.539. The highest BCUT2D eigenvalue weighted by Gasteiger charge is 2.13. The zero-order chi connectivity index (χ0) is 12.8. The van der Waals surface area contributed by atoms with Gasteiger partial charge in [-0.3, -0.25) is 0 Å². The summed E-state index contributed by atoms with van der Waals surface area (Å²) in [7, 11) is 0. The van der Waals surface area contributed by atoms with Crippen LogP contribution in [-0.2, 0) is 13.0 Å². The van der Waals surface area contributed by atoms with Crippen LogP contribution in [0.2, 0.25) is 0 Å². The van der Waals surface area contributed by atoms with Crippen molar-refractivity contribution in [1.82, 2.24) is 5.32 Å². The van der Waals surface area contributed by atoms with Crippen LogP contribution in [0.5, 0.6) is 0 Å². The van der Waals surface area contributed by atoms with Crippen LogP contribution in [0, 0.1) is 0 Å². The molecule has 0 unspecified atom stereocenters. The Morgan fingerprint density at radius 3 is 2.72 bits per heavy atom. The van der Waals surface area contributed by atoms with E-state index in [9.17, 15) is 0 Å². The fourth-order valence-electron chi connectivity index (χ4n) is 2.36. The third-order valence-corrected chi connectivity index (χ3v) is 4.64. The van der Waals surface area contributed by atoms with Crippen molar-refractivity contribution in [3.05, 3.63) is 21.9 Å². The van der Waals surface area contributed by atoms with Gasteiger partial charge in [0, 0.05) is 15.8 Å². The first-order valence-electron chi connectivity index (χ1n) is 6.92. The molecule has 100 valence electrons. The lowest BCUT2D eigenvalue weighted by Crippen LogP contribution is -2.41. The average Bonchev–Trinajstić information content (AvgIpc) is 2.85. The van der Waals surface area contributed by atoms with E-state index in [1.807, 2.05) is 11.3 Å². The van der Waals surface area contributed by atoms with Crippen LogP contribution >= 0.6 is 11.3 Å². The normalized spacial score (nSPS) is 17.9. The molecule has 1 aromatic rings. The Bertz CT molecular complexity index is 391. The van der Waals surface area contributed by atoms with E-state index >= 15 is 0 Å². The molecule has 1 fully saturated rings. The van der Waals surface area contributed by atoms with Gasteiger partial charge in [-0.15, -0.1) is 11.3 Å². The molecule has 0 saturated heterocycles. The van der Waals surface area contributed by atoms with E-state index in [1.165, 1.54) is 41.9 Å². The quantitative estimate of drug-likeness (QED) is 0.649. The number of nitrogens with one attached hydrogen (secondary N) is 1. The van der Waals surface area contributed by atoms with E-state index < -0.39 is 0 Å². The zero-order valence-electron chi connectivity index (χ0n) is 11.1. The maximum atomic E-state index is 5.94. The highest BCUT2D eigenvalue weighted by atomic mass is 32.1. The monoisotopic (exact) mass is 265 g/mol. The lowest BCUT2D eigenvalue weighted by atomic mass is 9.96. The predicted molar refractivity (Wildman–Crippen MR) is 79.0 cm³/mol. The van der Waals surface area contributed by atoms with Gasteiger partial charge in [-0.25, -0.2) is 4.99 Å². The Hall–Kier alpha value is -1.03. The van der Waals surface area contributed by atoms with Crippen molar-refractivity contribution in [1.29, 1.82) is 0 Å². The minimum atomic E-state index is 0.539. The summed E-state index contributed by atoms with van der Waals surface area (Å²) in [5.41, 5.74) is 5.94. The second kappa shape index (κ2) is 6.78. The van der Waals surface area contributed by atoms with Crippen LogP contribution in [0.3, 0.4) is 0 Å². The molecule has 2 rings (SSSR count). The Morgan fingerprint density at radius 2 is 2.06 bits per heavy atom. The van der Waals surface area contributed by atoms with Crippen LogP contribution in [0.4, 0.5) is 0 Å². The van der Waals surface area contributed by atoms with Crippen molar-refractivity contribution in [2.45, 2.75) is 58.0 Å². The van der Waals surface area contributed by atoms with Crippen molar-refractivity contribution in [3.63, 3.8) is 0 Å². The van der Waals surface area contributed by atoms with Gasteiger partial charge in [-0.1, -0.05) is 26.2 Å². The molecular formula is C14H23N3S. The predicted octanol–water partition coefficient (Wildman–Crippen LogP) is 3.05. The number of hydrogen-bond donors (Lipinski definition) is 2. The molecular weight excluding hydrogens is 242 g/mol. The molecule has 0 amide bonds. The Labute approximate surface area is 114 Å². The summed E-state index contributed by atoms with van der Waals surface area (Å²) in [5.74, 6) is 0.605. The zero-order valence-corrected chi connectivity index (χ0v) is 11.9.